The lowest BCUT2D eigenvalue weighted by molar-refractivity contribution is -0.145. The molecule has 2 heterocycles. The summed E-state index contributed by atoms with van der Waals surface area (Å²) in [7, 11) is -1.06. The molecule has 2 fully saturated rings. The minimum atomic E-state index is -3.75. The molecule has 0 unspecified atom stereocenters. The number of methoxy groups -OCH3 is 2. The van der Waals surface area contributed by atoms with Gasteiger partial charge in [-0.2, -0.15) is 4.31 Å². The third-order valence-corrected chi connectivity index (χ3v) is 7.00. The zero-order valence-corrected chi connectivity index (χ0v) is 16.3. The molecule has 0 aliphatic carbocycles. The lowest BCUT2D eigenvalue weighted by atomic mass is 10.1. The first-order valence-corrected chi connectivity index (χ1v) is 10.4. The standard InChI is InChI=1S/C18H24N2O6S/c1-25-15-8-7-13(12-16(15)27(23,24)19-9-3-4-10-19)17(21)20-11-5-6-14(20)18(22)26-2/h7-8,12,14H,3-6,9-11H2,1-2H3/t14-/m1/s1. The summed E-state index contributed by atoms with van der Waals surface area (Å²) in [5.74, 6) is -0.646. The Balaban J connectivity index is 1.95. The van der Waals surface area contributed by atoms with Crippen LogP contribution in [0, 0.1) is 0 Å². The van der Waals surface area contributed by atoms with Crippen molar-refractivity contribution in [3.8, 4) is 5.75 Å². The van der Waals surface area contributed by atoms with E-state index in [2.05, 4.69) is 0 Å². The van der Waals surface area contributed by atoms with E-state index in [0.717, 1.165) is 12.8 Å². The summed E-state index contributed by atoms with van der Waals surface area (Å²) in [5, 5.41) is 0. The van der Waals surface area contributed by atoms with Crippen molar-refractivity contribution < 1.29 is 27.5 Å². The Kier molecular flexibility index (Phi) is 5.71. The van der Waals surface area contributed by atoms with E-state index < -0.39 is 22.0 Å². The predicted octanol–water partition coefficient (Wildman–Crippen LogP) is 1.26. The molecule has 8 nitrogen and oxygen atoms in total. The fourth-order valence-corrected chi connectivity index (χ4v) is 5.33. The number of ether oxygens (including phenoxy) is 2. The number of rotatable bonds is 5. The van der Waals surface area contributed by atoms with Gasteiger partial charge in [0.2, 0.25) is 10.0 Å². The van der Waals surface area contributed by atoms with Crippen molar-refractivity contribution >= 4 is 21.9 Å². The van der Waals surface area contributed by atoms with E-state index in [1.54, 1.807) is 0 Å². The average molecular weight is 396 g/mol. The monoisotopic (exact) mass is 396 g/mol. The highest BCUT2D eigenvalue weighted by Crippen LogP contribution is 2.31. The first kappa shape index (κ1) is 19.6. The van der Waals surface area contributed by atoms with Gasteiger partial charge in [0.25, 0.3) is 5.91 Å². The average Bonchev–Trinajstić information content (AvgIpc) is 3.38. The van der Waals surface area contributed by atoms with Crippen LogP contribution in [-0.2, 0) is 19.6 Å². The number of sulfonamides is 1. The molecule has 9 heteroatoms. The summed E-state index contributed by atoms with van der Waals surface area (Å²) in [5.41, 5.74) is 0.212. The van der Waals surface area contributed by atoms with Crippen molar-refractivity contribution in [1.82, 2.24) is 9.21 Å². The fraction of sp³-hybridized carbons (Fsp3) is 0.556. The number of benzene rings is 1. The summed E-state index contributed by atoms with van der Waals surface area (Å²) in [6.07, 6.45) is 2.86. The fourth-order valence-electron chi connectivity index (χ4n) is 3.64. The molecule has 1 aromatic carbocycles. The normalized spacial score (nSPS) is 20.7. The Bertz CT molecular complexity index is 832. The van der Waals surface area contributed by atoms with Gasteiger partial charge in [0.05, 0.1) is 14.2 Å². The molecule has 0 bridgehead atoms. The third kappa shape index (κ3) is 3.66. The van der Waals surface area contributed by atoms with Gasteiger partial charge >= 0.3 is 5.97 Å². The van der Waals surface area contributed by atoms with Crippen LogP contribution in [0.5, 0.6) is 5.75 Å². The Hall–Kier alpha value is -2.13. The van der Waals surface area contributed by atoms with Crippen LogP contribution >= 0.6 is 0 Å². The van der Waals surface area contributed by atoms with Gasteiger partial charge in [-0.3, -0.25) is 4.79 Å². The van der Waals surface area contributed by atoms with Gasteiger partial charge < -0.3 is 14.4 Å². The molecule has 1 amide bonds. The summed E-state index contributed by atoms with van der Waals surface area (Å²) < 4.78 is 37.4. The van der Waals surface area contributed by atoms with Crippen molar-refractivity contribution in [3.05, 3.63) is 23.8 Å². The lowest BCUT2D eigenvalue weighted by Gasteiger charge is -2.23. The van der Waals surface area contributed by atoms with Crippen LogP contribution in [0.4, 0.5) is 0 Å². The van der Waals surface area contributed by atoms with Gasteiger partial charge in [0.15, 0.2) is 0 Å². The first-order valence-electron chi connectivity index (χ1n) is 8.97. The molecule has 0 N–H and O–H groups in total. The molecule has 1 atom stereocenters. The molecule has 0 spiro atoms. The molecule has 2 saturated heterocycles. The van der Waals surface area contributed by atoms with E-state index in [4.69, 9.17) is 9.47 Å². The largest absolute Gasteiger partial charge is 0.495 e. The van der Waals surface area contributed by atoms with E-state index in [1.807, 2.05) is 0 Å². The van der Waals surface area contributed by atoms with Crippen molar-refractivity contribution in [3.63, 3.8) is 0 Å². The Labute approximate surface area is 159 Å². The molecule has 0 aromatic heterocycles. The van der Waals surface area contributed by atoms with Crippen molar-refractivity contribution in [2.24, 2.45) is 0 Å². The van der Waals surface area contributed by atoms with Gasteiger partial charge in [-0.05, 0) is 43.9 Å². The Morgan fingerprint density at radius 3 is 2.41 bits per heavy atom. The van der Waals surface area contributed by atoms with E-state index in [1.165, 1.54) is 41.6 Å². The number of hydrogen-bond acceptors (Lipinski definition) is 6. The summed E-state index contributed by atoms with van der Waals surface area (Å²) in [6.45, 7) is 1.35. The first-order chi connectivity index (χ1) is 12.9. The van der Waals surface area contributed by atoms with Gasteiger partial charge in [0.1, 0.15) is 16.7 Å². The van der Waals surface area contributed by atoms with Gasteiger partial charge in [-0.25, -0.2) is 13.2 Å². The molecular formula is C18H24N2O6S. The molecule has 0 saturated carbocycles. The molecule has 3 rings (SSSR count). The number of carbonyl (C=O) groups excluding carboxylic acids is 2. The van der Waals surface area contributed by atoms with Crippen LogP contribution in [0.2, 0.25) is 0 Å². The molecule has 2 aliphatic rings. The van der Waals surface area contributed by atoms with Crippen LogP contribution in [0.25, 0.3) is 0 Å². The number of nitrogens with zero attached hydrogens (tertiary/aromatic N) is 2. The second-order valence-electron chi connectivity index (χ2n) is 6.66. The molecule has 2 aliphatic heterocycles. The van der Waals surface area contributed by atoms with Crippen LogP contribution in [0.1, 0.15) is 36.0 Å². The Morgan fingerprint density at radius 1 is 1.07 bits per heavy atom. The smallest absolute Gasteiger partial charge is 0.328 e. The van der Waals surface area contributed by atoms with E-state index in [0.29, 0.717) is 32.5 Å². The van der Waals surface area contributed by atoms with Crippen LogP contribution in [-0.4, -0.2) is 69.4 Å². The highest BCUT2D eigenvalue weighted by atomic mass is 32.2. The number of amides is 1. The van der Waals surface area contributed by atoms with Crippen LogP contribution in [0.3, 0.4) is 0 Å². The Morgan fingerprint density at radius 2 is 1.78 bits per heavy atom. The second kappa shape index (κ2) is 7.85. The van der Waals surface area contributed by atoms with Gasteiger partial charge in [-0.1, -0.05) is 0 Å². The lowest BCUT2D eigenvalue weighted by Crippen LogP contribution is -2.41. The molecular weight excluding hydrogens is 372 g/mol. The van der Waals surface area contributed by atoms with Crippen LogP contribution < -0.4 is 4.74 Å². The van der Waals surface area contributed by atoms with Crippen molar-refractivity contribution in [2.75, 3.05) is 33.9 Å². The summed E-state index contributed by atoms with van der Waals surface area (Å²) in [4.78, 5) is 26.3. The zero-order chi connectivity index (χ0) is 19.6. The van der Waals surface area contributed by atoms with E-state index in [-0.39, 0.29) is 22.1 Å². The second-order valence-corrected chi connectivity index (χ2v) is 8.56. The quantitative estimate of drug-likeness (QED) is 0.696. The molecule has 27 heavy (non-hydrogen) atoms. The number of likely N-dealkylation sites (tertiary alicyclic amines) is 1. The molecule has 148 valence electrons. The van der Waals surface area contributed by atoms with Gasteiger partial charge in [0, 0.05) is 25.2 Å². The van der Waals surface area contributed by atoms with Crippen molar-refractivity contribution in [1.29, 1.82) is 0 Å². The highest BCUT2D eigenvalue weighted by molar-refractivity contribution is 7.89. The highest BCUT2D eigenvalue weighted by Gasteiger charge is 2.36. The van der Waals surface area contributed by atoms with E-state index >= 15 is 0 Å². The maximum absolute atomic E-state index is 13.0. The van der Waals surface area contributed by atoms with Crippen LogP contribution in [0.15, 0.2) is 23.1 Å². The molecule has 0 radical (unpaired) electrons. The summed E-state index contributed by atoms with van der Waals surface area (Å²) >= 11 is 0. The SMILES string of the molecule is COC(=O)[C@H]1CCCN1C(=O)c1ccc(OC)c(S(=O)(=O)N2CCCC2)c1. The topological polar surface area (TPSA) is 93.2 Å². The predicted molar refractivity (Wildman–Crippen MR) is 97.1 cm³/mol. The number of hydrogen-bond donors (Lipinski definition) is 0. The van der Waals surface area contributed by atoms with E-state index in [9.17, 15) is 18.0 Å². The minimum Gasteiger partial charge on any atom is -0.495 e. The number of esters is 1. The third-order valence-electron chi connectivity index (χ3n) is 5.08. The minimum absolute atomic E-state index is 0.0217. The van der Waals surface area contributed by atoms with Gasteiger partial charge in [-0.15, -0.1) is 0 Å². The maximum atomic E-state index is 13.0. The van der Waals surface area contributed by atoms with Crippen molar-refractivity contribution in [2.45, 2.75) is 36.6 Å². The zero-order valence-electron chi connectivity index (χ0n) is 15.5. The summed E-state index contributed by atoms with van der Waals surface area (Å²) in [6, 6.07) is 3.72. The number of carbonyl (C=O) groups is 2. The molecule has 1 aromatic rings. The maximum Gasteiger partial charge on any atom is 0.328 e.